The third kappa shape index (κ3) is 16.9. The van der Waals surface area contributed by atoms with Crippen molar-refractivity contribution in [1.29, 1.82) is 0 Å². The van der Waals surface area contributed by atoms with E-state index in [1.807, 2.05) is 128 Å². The summed E-state index contributed by atoms with van der Waals surface area (Å²) in [6.45, 7) is 6.22. The second-order valence-corrected chi connectivity index (χ2v) is 17.4. The molecular weight excluding hydrogens is 857 g/mol. The third-order valence-electron chi connectivity index (χ3n) is 12.2. The Morgan fingerprint density at radius 1 is 0.597 bits per heavy atom. The number of aliphatic hydroxyl groups is 3. The van der Waals surface area contributed by atoms with Gasteiger partial charge in [0, 0.05) is 19.9 Å². The van der Waals surface area contributed by atoms with Gasteiger partial charge in [0.05, 0.1) is 45.2 Å². The van der Waals surface area contributed by atoms with E-state index < -0.39 is 61.5 Å². The normalized spacial score (nSPS) is 25.2. The van der Waals surface area contributed by atoms with Gasteiger partial charge in [0.1, 0.15) is 49.3 Å². The Hall–Kier alpha value is -4.58. The van der Waals surface area contributed by atoms with Crippen LogP contribution < -0.4 is 5.32 Å². The summed E-state index contributed by atoms with van der Waals surface area (Å²) in [6.07, 6.45) is -2.95. The van der Waals surface area contributed by atoms with Gasteiger partial charge in [0.15, 0.2) is 6.29 Å². The Bertz CT molecular complexity index is 1980. The number of esters is 1. The Kier molecular flexibility index (Phi) is 21.7. The SMILES string of the molecule is CC(=O)N[C@H]1[C@H](OCCN(CCCCCC(=O)OCc2ccccc2)CCC[C@@H]2O[C@@H](C)[C@@H](OCc3ccccc3)[C@@H](OCc3ccccc3)[C@@H]2OCc2ccccc2)O[C@H](CO)[C@@H](O)[C@@H]1O. The molecule has 4 aromatic carbocycles. The van der Waals surface area contributed by atoms with E-state index in [0.29, 0.717) is 58.7 Å². The quantitative estimate of drug-likeness (QED) is 0.0413. The highest BCUT2D eigenvalue weighted by molar-refractivity contribution is 5.73. The summed E-state index contributed by atoms with van der Waals surface area (Å²) in [4.78, 5) is 26.9. The summed E-state index contributed by atoms with van der Waals surface area (Å²) in [5.41, 5.74) is 4.08. The van der Waals surface area contributed by atoms with Crippen molar-refractivity contribution in [3.05, 3.63) is 144 Å². The number of hydrogen-bond acceptors (Lipinski definition) is 13. The largest absolute Gasteiger partial charge is 0.461 e. The van der Waals surface area contributed by atoms with Crippen molar-refractivity contribution in [2.24, 2.45) is 0 Å². The van der Waals surface area contributed by atoms with Crippen LogP contribution in [-0.4, -0.2) is 126 Å². The van der Waals surface area contributed by atoms with Crippen molar-refractivity contribution in [2.45, 2.75) is 140 Å². The van der Waals surface area contributed by atoms with Crippen molar-refractivity contribution in [2.75, 3.05) is 32.8 Å². The highest BCUT2D eigenvalue weighted by Gasteiger charge is 2.47. The Morgan fingerprint density at radius 3 is 1.67 bits per heavy atom. The van der Waals surface area contributed by atoms with Crippen LogP contribution in [0.3, 0.4) is 0 Å². The Morgan fingerprint density at radius 2 is 1.12 bits per heavy atom. The minimum atomic E-state index is -1.41. The van der Waals surface area contributed by atoms with Gasteiger partial charge in [-0.1, -0.05) is 128 Å². The predicted molar refractivity (Wildman–Crippen MR) is 251 cm³/mol. The van der Waals surface area contributed by atoms with Crippen LogP contribution in [0.4, 0.5) is 0 Å². The molecule has 2 aliphatic rings. The number of unbranched alkanes of at least 4 members (excludes halogenated alkanes) is 2. The standard InChI is InChI=1S/C53H70N2O12/c1-38-50(63-35-41-21-10-4-11-22-41)52(65-37-43-25-14-6-15-26-43)51(64-36-42-23-12-5-13-24-42)44(66-38)27-18-30-55(29-17-7-16-28-46(58)62-34-40-19-8-3-9-20-40)31-32-61-53-47(54-39(2)57)49(60)48(59)45(33-56)67-53/h3-6,8-15,19-26,38,44-45,47-53,56,59-60H,7,16-18,27-37H2,1-2H3,(H,54,57)/t38-,44-,45+,47+,48+,49+,50+,51+,52+,53+/m0/s1. The topological polar surface area (TPSA) is 175 Å². The maximum absolute atomic E-state index is 12.5. The number of hydrogen-bond donors (Lipinski definition) is 4. The molecule has 2 aliphatic heterocycles. The lowest BCUT2D eigenvalue weighted by molar-refractivity contribution is -0.270. The smallest absolute Gasteiger partial charge is 0.306 e. The van der Waals surface area contributed by atoms with Crippen LogP contribution in [0.15, 0.2) is 121 Å². The highest BCUT2D eigenvalue weighted by Crippen LogP contribution is 2.32. The van der Waals surface area contributed by atoms with Gasteiger partial charge < -0.3 is 58.7 Å². The van der Waals surface area contributed by atoms with Crippen molar-refractivity contribution in [3.8, 4) is 0 Å². The monoisotopic (exact) mass is 926 g/mol. The van der Waals surface area contributed by atoms with E-state index in [4.69, 9.17) is 33.2 Å². The van der Waals surface area contributed by atoms with Gasteiger partial charge in [-0.2, -0.15) is 0 Å². The lowest BCUT2D eigenvalue weighted by Crippen LogP contribution is -2.64. The van der Waals surface area contributed by atoms with Gasteiger partial charge in [-0.3, -0.25) is 9.59 Å². The molecule has 2 fully saturated rings. The van der Waals surface area contributed by atoms with Gasteiger partial charge in [-0.25, -0.2) is 0 Å². The van der Waals surface area contributed by atoms with Gasteiger partial charge in [0.25, 0.3) is 0 Å². The fourth-order valence-electron chi connectivity index (χ4n) is 8.60. The van der Waals surface area contributed by atoms with Gasteiger partial charge in [-0.15, -0.1) is 0 Å². The molecule has 6 rings (SSSR count). The van der Waals surface area contributed by atoms with Crippen LogP contribution in [-0.2, 0) is 69.2 Å². The molecule has 10 atom stereocenters. The molecule has 1 amide bonds. The lowest BCUT2D eigenvalue weighted by atomic mass is 9.92. The molecule has 4 N–H and O–H groups in total. The second kappa shape index (κ2) is 28.0. The molecule has 364 valence electrons. The number of aliphatic hydroxyl groups excluding tert-OH is 3. The fourth-order valence-corrected chi connectivity index (χ4v) is 8.60. The first-order valence-electron chi connectivity index (χ1n) is 23.7. The zero-order chi connectivity index (χ0) is 47.2. The molecule has 0 radical (unpaired) electrons. The maximum atomic E-state index is 12.5. The van der Waals surface area contributed by atoms with Crippen LogP contribution >= 0.6 is 0 Å². The number of nitrogens with zero attached hydrogens (tertiary/aromatic N) is 1. The van der Waals surface area contributed by atoms with Gasteiger partial charge in [-0.05, 0) is 68.0 Å². The van der Waals surface area contributed by atoms with Crippen molar-refractivity contribution in [1.82, 2.24) is 10.2 Å². The number of nitrogens with one attached hydrogen (secondary N) is 1. The maximum Gasteiger partial charge on any atom is 0.306 e. The van der Waals surface area contributed by atoms with E-state index in [9.17, 15) is 24.9 Å². The van der Waals surface area contributed by atoms with Crippen LogP contribution in [0.5, 0.6) is 0 Å². The number of rotatable bonds is 27. The molecule has 2 saturated heterocycles. The summed E-state index contributed by atoms with van der Waals surface area (Å²) in [7, 11) is 0. The number of carbonyl (C=O) groups is 2. The van der Waals surface area contributed by atoms with E-state index in [1.54, 1.807) is 0 Å². The van der Waals surface area contributed by atoms with Crippen LogP contribution in [0, 0.1) is 0 Å². The fraction of sp³-hybridized carbons (Fsp3) is 0.509. The highest BCUT2D eigenvalue weighted by atomic mass is 16.7. The Balaban J connectivity index is 1.13. The first-order valence-corrected chi connectivity index (χ1v) is 23.7. The van der Waals surface area contributed by atoms with E-state index >= 15 is 0 Å². The Labute approximate surface area is 395 Å². The molecule has 0 aliphatic carbocycles. The lowest BCUT2D eigenvalue weighted by Gasteiger charge is -2.45. The van der Waals surface area contributed by atoms with Crippen molar-refractivity contribution in [3.63, 3.8) is 0 Å². The van der Waals surface area contributed by atoms with Crippen molar-refractivity contribution < 1.29 is 58.1 Å². The predicted octanol–water partition coefficient (Wildman–Crippen LogP) is 5.88. The summed E-state index contributed by atoms with van der Waals surface area (Å²) in [5, 5.41) is 33.8. The number of carbonyl (C=O) groups excluding carboxylic acids is 2. The van der Waals surface area contributed by atoms with Gasteiger partial charge in [0.2, 0.25) is 5.91 Å². The summed E-state index contributed by atoms with van der Waals surface area (Å²) < 4.78 is 44.6. The molecule has 0 saturated carbocycles. The van der Waals surface area contributed by atoms with Gasteiger partial charge >= 0.3 is 5.97 Å². The number of benzene rings is 4. The van der Waals surface area contributed by atoms with Crippen LogP contribution in [0.25, 0.3) is 0 Å². The second-order valence-electron chi connectivity index (χ2n) is 17.4. The van der Waals surface area contributed by atoms with Crippen LogP contribution in [0.1, 0.15) is 74.6 Å². The number of amides is 1. The molecule has 14 nitrogen and oxygen atoms in total. The van der Waals surface area contributed by atoms with E-state index in [0.717, 1.165) is 41.5 Å². The summed E-state index contributed by atoms with van der Waals surface area (Å²) >= 11 is 0. The molecular formula is C53H70N2O12. The first kappa shape index (κ1) is 51.8. The van der Waals surface area contributed by atoms with E-state index in [1.165, 1.54) is 6.92 Å². The molecule has 0 unspecified atom stereocenters. The molecule has 14 heteroatoms. The van der Waals surface area contributed by atoms with Crippen molar-refractivity contribution >= 4 is 11.9 Å². The molecule has 0 aromatic heterocycles. The van der Waals surface area contributed by atoms with E-state index in [2.05, 4.69) is 10.2 Å². The average molecular weight is 927 g/mol. The van der Waals surface area contributed by atoms with Crippen LogP contribution in [0.2, 0.25) is 0 Å². The first-order chi connectivity index (χ1) is 32.7. The molecule has 4 aromatic rings. The zero-order valence-electron chi connectivity index (χ0n) is 38.9. The molecule has 2 heterocycles. The minimum Gasteiger partial charge on any atom is -0.461 e. The summed E-state index contributed by atoms with van der Waals surface area (Å²) in [6, 6.07) is 38.8. The number of ether oxygens (including phenoxy) is 7. The third-order valence-corrected chi connectivity index (χ3v) is 12.2. The average Bonchev–Trinajstić information content (AvgIpc) is 3.35. The molecule has 0 spiro atoms. The summed E-state index contributed by atoms with van der Waals surface area (Å²) in [5.74, 6) is -0.651. The van der Waals surface area contributed by atoms with E-state index in [-0.39, 0.29) is 31.4 Å². The molecule has 67 heavy (non-hydrogen) atoms. The molecule has 0 bridgehead atoms. The zero-order valence-corrected chi connectivity index (χ0v) is 38.9. The minimum absolute atomic E-state index is 0.170.